The van der Waals surface area contributed by atoms with Crippen molar-refractivity contribution in [2.24, 2.45) is 0 Å². The van der Waals surface area contributed by atoms with E-state index in [1.54, 1.807) is 12.1 Å². The zero-order valence-corrected chi connectivity index (χ0v) is 11.7. The van der Waals surface area contributed by atoms with Crippen molar-refractivity contribution in [1.82, 2.24) is 4.98 Å². The molecule has 1 aliphatic rings. The van der Waals surface area contributed by atoms with E-state index in [2.05, 4.69) is 11.1 Å². The molecule has 0 aliphatic carbocycles. The predicted octanol–water partition coefficient (Wildman–Crippen LogP) is 1.03. The normalized spacial score (nSPS) is 20.3. The highest BCUT2D eigenvalue weighted by Gasteiger charge is 2.52. The van der Waals surface area contributed by atoms with E-state index < -0.39 is 18.3 Å². The molecule has 1 aliphatic heterocycles. The van der Waals surface area contributed by atoms with Gasteiger partial charge in [-0.2, -0.15) is 5.26 Å². The standard InChI is InChI=1S/C13H18BN3O2/c1-12(2)13(3,4)19-14(18-12)11-10(16)6-5-9(17-11)7-8-15/h5-6H,7,16H2,1-4H3. The van der Waals surface area contributed by atoms with E-state index >= 15 is 0 Å². The molecule has 19 heavy (non-hydrogen) atoms. The van der Waals surface area contributed by atoms with Crippen LogP contribution in [-0.4, -0.2) is 23.3 Å². The van der Waals surface area contributed by atoms with Crippen molar-refractivity contribution in [2.45, 2.75) is 45.3 Å². The Bertz CT molecular complexity index is 521. The van der Waals surface area contributed by atoms with Gasteiger partial charge in [0.25, 0.3) is 0 Å². The first kappa shape index (κ1) is 13.8. The van der Waals surface area contributed by atoms with Gasteiger partial charge in [0.15, 0.2) is 0 Å². The van der Waals surface area contributed by atoms with E-state index in [9.17, 15) is 0 Å². The highest BCUT2D eigenvalue weighted by molar-refractivity contribution is 6.62. The van der Waals surface area contributed by atoms with E-state index in [0.717, 1.165) is 0 Å². The third-order valence-corrected chi connectivity index (χ3v) is 3.75. The molecule has 0 aromatic carbocycles. The number of nitriles is 1. The fraction of sp³-hybridized carbons (Fsp3) is 0.538. The van der Waals surface area contributed by atoms with Crippen molar-refractivity contribution >= 4 is 18.4 Å². The maximum absolute atomic E-state index is 8.73. The molecule has 100 valence electrons. The van der Waals surface area contributed by atoms with Gasteiger partial charge in [-0.1, -0.05) is 0 Å². The Labute approximate surface area is 113 Å². The molecule has 2 rings (SSSR count). The van der Waals surface area contributed by atoms with E-state index in [0.29, 0.717) is 17.0 Å². The summed E-state index contributed by atoms with van der Waals surface area (Å²) in [6.45, 7) is 7.90. The lowest BCUT2D eigenvalue weighted by Crippen LogP contribution is -2.41. The Balaban J connectivity index is 2.34. The number of pyridine rings is 1. The Morgan fingerprint density at radius 2 is 1.84 bits per heavy atom. The van der Waals surface area contributed by atoms with Crippen molar-refractivity contribution in [2.75, 3.05) is 5.73 Å². The van der Waals surface area contributed by atoms with Gasteiger partial charge >= 0.3 is 7.12 Å². The third kappa shape index (κ3) is 2.44. The Kier molecular flexibility index (Phi) is 3.29. The first-order valence-corrected chi connectivity index (χ1v) is 6.25. The second-order valence-electron chi connectivity index (χ2n) is 5.70. The van der Waals surface area contributed by atoms with Crippen molar-refractivity contribution < 1.29 is 9.31 Å². The average Bonchev–Trinajstić information content (AvgIpc) is 2.51. The number of nitrogens with two attached hydrogens (primary N) is 1. The second-order valence-corrected chi connectivity index (χ2v) is 5.70. The molecule has 2 N–H and O–H groups in total. The van der Waals surface area contributed by atoms with Gasteiger partial charge in [0.1, 0.15) is 0 Å². The van der Waals surface area contributed by atoms with Gasteiger partial charge in [0.2, 0.25) is 0 Å². The van der Waals surface area contributed by atoms with Gasteiger partial charge in [0.05, 0.1) is 35.0 Å². The fourth-order valence-electron chi connectivity index (χ4n) is 1.85. The van der Waals surface area contributed by atoms with Gasteiger partial charge in [-0.05, 0) is 39.8 Å². The summed E-state index contributed by atoms with van der Waals surface area (Å²) in [5, 5.41) is 8.73. The maximum atomic E-state index is 8.73. The Hall–Kier alpha value is -1.58. The van der Waals surface area contributed by atoms with Crippen LogP contribution >= 0.6 is 0 Å². The average molecular weight is 259 g/mol. The molecule has 1 saturated heterocycles. The molecule has 0 radical (unpaired) electrons. The van der Waals surface area contributed by atoms with E-state index in [-0.39, 0.29) is 6.42 Å². The van der Waals surface area contributed by atoms with Crippen LogP contribution in [0.4, 0.5) is 5.69 Å². The van der Waals surface area contributed by atoms with Crippen LogP contribution in [0.2, 0.25) is 0 Å². The zero-order chi connectivity index (χ0) is 14.3. The molecule has 1 aromatic heterocycles. The quantitative estimate of drug-likeness (QED) is 0.802. The second kappa shape index (κ2) is 4.51. The summed E-state index contributed by atoms with van der Waals surface area (Å²) in [5.41, 5.74) is 6.80. The minimum atomic E-state index is -0.594. The molecule has 5 nitrogen and oxygen atoms in total. The Morgan fingerprint density at radius 3 is 2.37 bits per heavy atom. The van der Waals surface area contributed by atoms with E-state index in [1.165, 1.54) is 0 Å². The van der Waals surface area contributed by atoms with Gasteiger partial charge in [-0.3, -0.25) is 4.98 Å². The molecule has 6 heteroatoms. The lowest BCUT2D eigenvalue weighted by Gasteiger charge is -2.32. The predicted molar refractivity (Wildman–Crippen MR) is 73.7 cm³/mol. The number of nitrogens with zero attached hydrogens (tertiary/aromatic N) is 2. The molecular weight excluding hydrogens is 241 g/mol. The maximum Gasteiger partial charge on any atom is 0.516 e. The van der Waals surface area contributed by atoms with E-state index in [4.69, 9.17) is 20.3 Å². The van der Waals surface area contributed by atoms with Gasteiger partial charge in [0, 0.05) is 5.69 Å². The largest absolute Gasteiger partial charge is 0.516 e. The number of hydrogen-bond acceptors (Lipinski definition) is 5. The van der Waals surface area contributed by atoms with Crippen molar-refractivity contribution in [1.29, 1.82) is 5.26 Å². The van der Waals surface area contributed by atoms with Crippen LogP contribution in [-0.2, 0) is 15.7 Å². The Morgan fingerprint density at radius 1 is 1.26 bits per heavy atom. The summed E-state index contributed by atoms with van der Waals surface area (Å²) in [6, 6.07) is 5.55. The molecule has 1 fully saturated rings. The van der Waals surface area contributed by atoms with Crippen LogP contribution in [0.5, 0.6) is 0 Å². The van der Waals surface area contributed by atoms with Crippen LogP contribution in [0.15, 0.2) is 12.1 Å². The summed E-state index contributed by atoms with van der Waals surface area (Å²) in [7, 11) is -0.594. The van der Waals surface area contributed by atoms with Crippen LogP contribution in [0.1, 0.15) is 33.4 Å². The molecule has 0 unspecified atom stereocenters. The lowest BCUT2D eigenvalue weighted by atomic mass is 9.82. The molecule has 2 heterocycles. The fourth-order valence-corrected chi connectivity index (χ4v) is 1.85. The summed E-state index contributed by atoms with van der Waals surface area (Å²) >= 11 is 0. The third-order valence-electron chi connectivity index (χ3n) is 3.75. The summed E-state index contributed by atoms with van der Waals surface area (Å²) in [6.07, 6.45) is 0.243. The van der Waals surface area contributed by atoms with Gasteiger partial charge in [-0.25, -0.2) is 0 Å². The highest BCUT2D eigenvalue weighted by Crippen LogP contribution is 2.36. The number of anilines is 1. The smallest absolute Gasteiger partial charge is 0.398 e. The molecule has 0 amide bonds. The molecule has 0 atom stereocenters. The minimum Gasteiger partial charge on any atom is -0.398 e. The summed E-state index contributed by atoms with van der Waals surface area (Å²) in [5.74, 6) is 0. The first-order chi connectivity index (χ1) is 8.77. The monoisotopic (exact) mass is 259 g/mol. The van der Waals surface area contributed by atoms with E-state index in [1.807, 2.05) is 27.7 Å². The SMILES string of the molecule is CC1(C)OB(c2nc(CC#N)ccc2N)OC1(C)C. The number of hydrogen-bond donors (Lipinski definition) is 1. The molecular formula is C13H18BN3O2. The van der Waals surface area contributed by atoms with Crippen molar-refractivity contribution in [3.05, 3.63) is 17.8 Å². The molecule has 1 aromatic rings. The first-order valence-electron chi connectivity index (χ1n) is 6.25. The number of rotatable bonds is 2. The van der Waals surface area contributed by atoms with Crippen molar-refractivity contribution in [3.8, 4) is 6.07 Å². The summed E-state index contributed by atoms with van der Waals surface area (Å²) in [4.78, 5) is 4.38. The lowest BCUT2D eigenvalue weighted by molar-refractivity contribution is 0.00578. The topological polar surface area (TPSA) is 81.2 Å². The number of aromatic nitrogens is 1. The van der Waals surface area contributed by atoms with Crippen LogP contribution in [0.3, 0.4) is 0 Å². The number of nitrogen functional groups attached to an aromatic ring is 1. The molecule has 0 saturated carbocycles. The van der Waals surface area contributed by atoms with Crippen molar-refractivity contribution in [3.63, 3.8) is 0 Å². The molecule has 0 bridgehead atoms. The molecule has 0 spiro atoms. The minimum absolute atomic E-state index is 0.243. The van der Waals surface area contributed by atoms with Gasteiger partial charge in [-0.15, -0.1) is 0 Å². The van der Waals surface area contributed by atoms with Crippen LogP contribution in [0, 0.1) is 11.3 Å². The highest BCUT2D eigenvalue weighted by atomic mass is 16.7. The zero-order valence-electron chi connectivity index (χ0n) is 11.7. The summed E-state index contributed by atoms with van der Waals surface area (Å²) < 4.78 is 11.8. The van der Waals surface area contributed by atoms with Crippen LogP contribution < -0.4 is 11.3 Å². The van der Waals surface area contributed by atoms with Gasteiger partial charge < -0.3 is 15.0 Å². The van der Waals surface area contributed by atoms with Crippen LogP contribution in [0.25, 0.3) is 0 Å².